The van der Waals surface area contributed by atoms with Crippen LogP contribution in [0.5, 0.6) is 0 Å². The molecular formula is C26H26ClNO3. The Balaban J connectivity index is 1.46. The van der Waals surface area contributed by atoms with Gasteiger partial charge in [0, 0.05) is 29.6 Å². The molecule has 160 valence electrons. The Labute approximate surface area is 188 Å². The smallest absolute Gasteiger partial charge is 0.109 e. The Kier molecular flexibility index (Phi) is 7.21. The van der Waals surface area contributed by atoms with Crippen LogP contribution in [0.3, 0.4) is 0 Å². The van der Waals surface area contributed by atoms with Crippen LogP contribution in [0.2, 0.25) is 5.02 Å². The lowest BCUT2D eigenvalue weighted by Crippen LogP contribution is -2.33. The Morgan fingerprint density at radius 3 is 2.65 bits per heavy atom. The standard InChI is InChI=1S/C26H26ClNO3/c27-25-11-9-20(26-16-23(30)15-24(17-29)31-26)14-21(25)13-19-6-4-18(5-7-19)8-10-22-3-1-2-12-28-22/h3-7,9,11-12,14,23-24,26,29-30H,1-2,13,15-17H2/t23-,24-,26+/m0/s1. The quantitative estimate of drug-likeness (QED) is 0.689. The minimum absolute atomic E-state index is 0.0904. The van der Waals surface area contributed by atoms with Crippen molar-refractivity contribution in [1.82, 2.24) is 0 Å². The number of aliphatic hydroxyl groups excluding tert-OH is 2. The zero-order valence-electron chi connectivity index (χ0n) is 17.3. The highest BCUT2D eigenvalue weighted by molar-refractivity contribution is 6.31. The van der Waals surface area contributed by atoms with E-state index in [0.29, 0.717) is 24.3 Å². The third-order valence-corrected chi connectivity index (χ3v) is 5.94. The summed E-state index contributed by atoms with van der Waals surface area (Å²) in [6.07, 6.45) is 6.58. The van der Waals surface area contributed by atoms with Crippen molar-refractivity contribution >= 4 is 17.8 Å². The first kappa shape index (κ1) is 21.8. The van der Waals surface area contributed by atoms with Crippen LogP contribution in [0.15, 0.2) is 59.2 Å². The number of aliphatic imine (C=N–C) groups is 1. The maximum absolute atomic E-state index is 10.1. The van der Waals surface area contributed by atoms with E-state index < -0.39 is 6.10 Å². The van der Waals surface area contributed by atoms with E-state index in [9.17, 15) is 10.2 Å². The van der Waals surface area contributed by atoms with Crippen LogP contribution in [-0.2, 0) is 11.2 Å². The molecule has 0 bridgehead atoms. The van der Waals surface area contributed by atoms with E-state index in [1.54, 1.807) is 0 Å². The van der Waals surface area contributed by atoms with Crippen molar-refractivity contribution < 1.29 is 14.9 Å². The monoisotopic (exact) mass is 435 g/mol. The molecule has 3 atom stereocenters. The number of hydrogen-bond acceptors (Lipinski definition) is 4. The van der Waals surface area contributed by atoms with Crippen molar-refractivity contribution in [2.45, 2.75) is 50.4 Å². The highest BCUT2D eigenvalue weighted by atomic mass is 35.5. The highest BCUT2D eigenvalue weighted by Crippen LogP contribution is 2.33. The first-order chi connectivity index (χ1) is 15.1. The van der Waals surface area contributed by atoms with Gasteiger partial charge in [-0.15, -0.1) is 0 Å². The van der Waals surface area contributed by atoms with E-state index in [1.807, 2.05) is 36.5 Å². The van der Waals surface area contributed by atoms with Crippen molar-refractivity contribution in [2.24, 2.45) is 4.99 Å². The SMILES string of the molecule is OC[C@@H]1C[C@H](O)C[C@H](c2ccc(Cl)c(Cc3ccc(C#CC4=CCCC=N4)cc3)c2)O1. The second-order valence-corrected chi connectivity index (χ2v) is 8.41. The van der Waals surface area contributed by atoms with Gasteiger partial charge in [0.15, 0.2) is 0 Å². The molecule has 5 heteroatoms. The lowest BCUT2D eigenvalue weighted by molar-refractivity contribution is -0.113. The molecule has 0 radical (unpaired) electrons. The largest absolute Gasteiger partial charge is 0.394 e. The molecule has 2 N–H and O–H groups in total. The van der Waals surface area contributed by atoms with Crippen LogP contribution in [-0.4, -0.2) is 35.2 Å². The van der Waals surface area contributed by atoms with Gasteiger partial charge >= 0.3 is 0 Å². The average Bonchev–Trinajstić information content (AvgIpc) is 2.80. The molecular weight excluding hydrogens is 410 g/mol. The fourth-order valence-corrected chi connectivity index (χ4v) is 4.09. The summed E-state index contributed by atoms with van der Waals surface area (Å²) in [6, 6.07) is 14.0. The van der Waals surface area contributed by atoms with E-state index in [2.05, 4.69) is 35.0 Å². The van der Waals surface area contributed by atoms with Gasteiger partial charge in [-0.3, -0.25) is 4.99 Å². The van der Waals surface area contributed by atoms with Crippen molar-refractivity contribution in [1.29, 1.82) is 0 Å². The number of aliphatic hydroxyl groups is 2. The van der Waals surface area contributed by atoms with Gasteiger partial charge in [-0.25, -0.2) is 0 Å². The van der Waals surface area contributed by atoms with Crippen LogP contribution in [0.1, 0.15) is 54.0 Å². The molecule has 2 aliphatic heterocycles. The van der Waals surface area contributed by atoms with Crippen LogP contribution >= 0.6 is 11.6 Å². The topological polar surface area (TPSA) is 62.0 Å². The van der Waals surface area contributed by atoms with Gasteiger partial charge in [0.1, 0.15) is 5.70 Å². The molecule has 0 saturated carbocycles. The van der Waals surface area contributed by atoms with Gasteiger partial charge in [0.2, 0.25) is 0 Å². The van der Waals surface area contributed by atoms with Crippen molar-refractivity contribution in [3.63, 3.8) is 0 Å². The van der Waals surface area contributed by atoms with E-state index in [0.717, 1.165) is 40.8 Å². The molecule has 1 fully saturated rings. The Bertz CT molecular complexity index is 1030. The third kappa shape index (κ3) is 5.84. The maximum atomic E-state index is 10.1. The number of allylic oxidation sites excluding steroid dienone is 2. The van der Waals surface area contributed by atoms with Gasteiger partial charge in [0.25, 0.3) is 0 Å². The number of ether oxygens (including phenoxy) is 1. The molecule has 1 saturated heterocycles. The van der Waals surface area contributed by atoms with Crippen LogP contribution in [0.4, 0.5) is 0 Å². The third-order valence-electron chi connectivity index (χ3n) is 5.57. The molecule has 2 aromatic rings. The normalized spacial score (nSPS) is 23.1. The van der Waals surface area contributed by atoms with Crippen molar-refractivity contribution in [3.8, 4) is 11.8 Å². The molecule has 4 rings (SSSR count). The van der Waals surface area contributed by atoms with Gasteiger partial charge < -0.3 is 14.9 Å². The minimum Gasteiger partial charge on any atom is -0.394 e. The molecule has 0 aliphatic carbocycles. The van der Waals surface area contributed by atoms with Crippen LogP contribution in [0.25, 0.3) is 0 Å². The zero-order chi connectivity index (χ0) is 21.6. The number of hydrogen-bond donors (Lipinski definition) is 2. The summed E-state index contributed by atoms with van der Waals surface area (Å²) < 4.78 is 5.95. The second kappa shape index (κ2) is 10.3. The first-order valence-corrected chi connectivity index (χ1v) is 11.0. The summed E-state index contributed by atoms with van der Waals surface area (Å²) in [5, 5.41) is 20.2. The van der Waals surface area contributed by atoms with E-state index in [-0.39, 0.29) is 18.8 Å². The van der Waals surface area contributed by atoms with Gasteiger partial charge in [0.05, 0.1) is 24.9 Å². The molecule has 2 aromatic carbocycles. The van der Waals surface area contributed by atoms with E-state index in [4.69, 9.17) is 16.3 Å². The van der Waals surface area contributed by atoms with E-state index in [1.165, 1.54) is 0 Å². The molecule has 0 amide bonds. The summed E-state index contributed by atoms with van der Waals surface area (Å²) in [7, 11) is 0. The Morgan fingerprint density at radius 1 is 1.06 bits per heavy atom. The summed E-state index contributed by atoms with van der Waals surface area (Å²) in [4.78, 5) is 4.30. The number of nitrogens with zero attached hydrogens (tertiary/aromatic N) is 1. The number of benzene rings is 2. The van der Waals surface area contributed by atoms with E-state index >= 15 is 0 Å². The van der Waals surface area contributed by atoms with Crippen LogP contribution in [0, 0.1) is 11.8 Å². The summed E-state index contributed by atoms with van der Waals surface area (Å²) in [5.74, 6) is 6.28. The number of halogens is 1. The van der Waals surface area contributed by atoms with Gasteiger partial charge in [-0.05, 0) is 66.1 Å². The average molecular weight is 436 g/mol. The molecule has 2 heterocycles. The fourth-order valence-electron chi connectivity index (χ4n) is 3.91. The van der Waals surface area contributed by atoms with Crippen LogP contribution < -0.4 is 0 Å². The molecule has 0 spiro atoms. The molecule has 31 heavy (non-hydrogen) atoms. The lowest BCUT2D eigenvalue weighted by Gasteiger charge is -2.32. The number of rotatable bonds is 4. The van der Waals surface area contributed by atoms with Crippen molar-refractivity contribution in [3.05, 3.63) is 81.5 Å². The molecule has 4 nitrogen and oxygen atoms in total. The van der Waals surface area contributed by atoms with Crippen molar-refractivity contribution in [2.75, 3.05) is 6.61 Å². The summed E-state index contributed by atoms with van der Waals surface area (Å²) >= 11 is 6.46. The predicted octanol–water partition coefficient (Wildman–Crippen LogP) is 4.60. The lowest BCUT2D eigenvalue weighted by atomic mass is 9.94. The minimum atomic E-state index is -0.473. The van der Waals surface area contributed by atoms with Gasteiger partial charge in [-0.1, -0.05) is 41.8 Å². The maximum Gasteiger partial charge on any atom is 0.109 e. The first-order valence-electron chi connectivity index (χ1n) is 10.7. The second-order valence-electron chi connectivity index (χ2n) is 8.01. The molecule has 2 aliphatic rings. The Morgan fingerprint density at radius 2 is 1.90 bits per heavy atom. The predicted molar refractivity (Wildman–Crippen MR) is 123 cm³/mol. The summed E-state index contributed by atoms with van der Waals surface area (Å²) in [5.41, 5.74) is 4.89. The Hall–Kier alpha value is -2.42. The zero-order valence-corrected chi connectivity index (χ0v) is 18.1. The molecule has 0 aromatic heterocycles. The molecule has 0 unspecified atom stereocenters. The summed E-state index contributed by atoms with van der Waals surface area (Å²) in [6.45, 7) is -0.0904. The van der Waals surface area contributed by atoms with Gasteiger partial charge in [-0.2, -0.15) is 0 Å². The highest BCUT2D eigenvalue weighted by Gasteiger charge is 2.29. The fraction of sp³-hybridized carbons (Fsp3) is 0.346.